The maximum atomic E-state index is 2.43. The van der Waals surface area contributed by atoms with Gasteiger partial charge in [-0.15, -0.1) is 0 Å². The molecule has 0 N–H and O–H groups in total. The van der Waals surface area contributed by atoms with Crippen LogP contribution in [0, 0.1) is 0 Å². The Morgan fingerprint density at radius 1 is 0.235 bits per heavy atom. The Kier molecular flexibility index (Phi) is 9.54. The number of rotatable bonds is 8. The Balaban J connectivity index is 1.03. The van der Waals surface area contributed by atoms with Gasteiger partial charge in [-0.05, 0) is 137 Å². The zero-order chi connectivity index (χ0) is 45.0. The second-order valence-electron chi connectivity index (χ2n) is 17.7. The van der Waals surface area contributed by atoms with E-state index in [1.54, 1.807) is 0 Å². The van der Waals surface area contributed by atoms with Gasteiger partial charge in [-0.1, -0.05) is 206 Å². The largest absolute Gasteiger partial charge is 0.310 e. The molecule has 0 bridgehead atoms. The van der Waals surface area contributed by atoms with Gasteiger partial charge in [0, 0.05) is 33.5 Å². The molecule has 0 fully saturated rings. The van der Waals surface area contributed by atoms with E-state index in [9.17, 15) is 0 Å². The molecule has 318 valence electrons. The number of para-hydroxylation sites is 1. The fourth-order valence-corrected chi connectivity index (χ4v) is 10.6. The lowest BCUT2D eigenvalue weighted by Gasteiger charge is -2.27. The first-order valence-electron chi connectivity index (χ1n) is 23.4. The molecule has 13 aromatic rings. The van der Waals surface area contributed by atoms with Gasteiger partial charge in [0.05, 0.1) is 11.0 Å². The van der Waals surface area contributed by atoms with Crippen molar-refractivity contribution in [2.45, 2.75) is 0 Å². The van der Waals surface area contributed by atoms with Crippen LogP contribution in [-0.4, -0.2) is 4.57 Å². The third-order valence-electron chi connectivity index (χ3n) is 13.7. The van der Waals surface area contributed by atoms with Gasteiger partial charge < -0.3 is 9.47 Å². The highest BCUT2D eigenvalue weighted by atomic mass is 15.1. The molecule has 0 radical (unpaired) electrons. The molecule has 0 unspecified atom stereocenters. The standard InChI is InChI=1S/C66H44N2/c1-4-18-45(19-5-1)50-26-16-28-53(40-50)67(56-37-39-60-59-31-14-15-33-63(59)68(64(60)44-56)55-36-34-46-20-10-11-25-49(46)41-55)54-29-17-27-51(42-54)52-35-38-58-57-30-12-13-32-61(57)65(47-21-6-2-7-22-47)66(62(58)43-52)48-23-8-3-9-24-48/h1-44H. The molecule has 0 aliphatic carbocycles. The SMILES string of the molecule is c1ccc(-c2cccc(N(c3cccc(-c4ccc5c(c4)c(-c4ccccc4)c(-c4ccccc4)c4ccccc45)c3)c3ccc4c5ccccc5n(-c5ccc6ccccc6c5)c4c3)c2)cc1. The van der Waals surface area contributed by atoms with Crippen molar-refractivity contribution in [1.82, 2.24) is 4.57 Å². The van der Waals surface area contributed by atoms with Crippen molar-refractivity contribution in [3.63, 3.8) is 0 Å². The van der Waals surface area contributed by atoms with Crippen molar-refractivity contribution >= 4 is 71.2 Å². The van der Waals surface area contributed by atoms with Gasteiger partial charge >= 0.3 is 0 Å². The van der Waals surface area contributed by atoms with E-state index < -0.39 is 0 Å². The van der Waals surface area contributed by atoms with E-state index in [1.165, 1.54) is 82.0 Å². The summed E-state index contributed by atoms with van der Waals surface area (Å²) in [6.45, 7) is 0. The number of fused-ring (bicyclic) bond motifs is 7. The van der Waals surface area contributed by atoms with E-state index in [2.05, 4.69) is 276 Å². The molecule has 13 rings (SSSR count). The van der Waals surface area contributed by atoms with E-state index in [1.807, 2.05) is 0 Å². The number of aromatic nitrogens is 1. The van der Waals surface area contributed by atoms with E-state index >= 15 is 0 Å². The molecule has 12 aromatic carbocycles. The average Bonchev–Trinajstić information content (AvgIpc) is 3.75. The Hall–Kier alpha value is -8.98. The van der Waals surface area contributed by atoms with Gasteiger partial charge in [0.25, 0.3) is 0 Å². The summed E-state index contributed by atoms with van der Waals surface area (Å²) >= 11 is 0. The van der Waals surface area contributed by atoms with E-state index in [4.69, 9.17) is 0 Å². The predicted octanol–water partition coefficient (Wildman–Crippen LogP) is 18.4. The van der Waals surface area contributed by atoms with Gasteiger partial charge in [-0.2, -0.15) is 0 Å². The molecule has 0 atom stereocenters. The lowest BCUT2D eigenvalue weighted by Crippen LogP contribution is -2.10. The van der Waals surface area contributed by atoms with Gasteiger partial charge in [0.15, 0.2) is 0 Å². The first-order chi connectivity index (χ1) is 33.7. The van der Waals surface area contributed by atoms with Crippen LogP contribution in [-0.2, 0) is 0 Å². The zero-order valence-corrected chi connectivity index (χ0v) is 37.3. The highest BCUT2D eigenvalue weighted by Gasteiger charge is 2.21. The fourth-order valence-electron chi connectivity index (χ4n) is 10.6. The molecular formula is C66H44N2. The Bertz CT molecular complexity index is 4020. The Morgan fingerprint density at radius 2 is 0.721 bits per heavy atom. The van der Waals surface area contributed by atoms with Crippen molar-refractivity contribution in [3.05, 3.63) is 267 Å². The van der Waals surface area contributed by atoms with Crippen LogP contribution in [0.5, 0.6) is 0 Å². The normalized spacial score (nSPS) is 11.5. The lowest BCUT2D eigenvalue weighted by atomic mass is 9.84. The van der Waals surface area contributed by atoms with Crippen LogP contribution in [0.25, 0.3) is 104 Å². The van der Waals surface area contributed by atoms with Gasteiger partial charge in [0.1, 0.15) is 0 Å². The van der Waals surface area contributed by atoms with Crippen LogP contribution in [0.15, 0.2) is 267 Å². The number of nitrogens with zero attached hydrogens (tertiary/aromatic N) is 2. The van der Waals surface area contributed by atoms with Gasteiger partial charge in [-0.3, -0.25) is 0 Å². The molecule has 2 nitrogen and oxygen atoms in total. The predicted molar refractivity (Wildman–Crippen MR) is 290 cm³/mol. The molecule has 2 heteroatoms. The van der Waals surface area contributed by atoms with Crippen LogP contribution < -0.4 is 4.90 Å². The van der Waals surface area contributed by atoms with Crippen LogP contribution in [0.2, 0.25) is 0 Å². The van der Waals surface area contributed by atoms with E-state index in [0.29, 0.717) is 0 Å². The van der Waals surface area contributed by atoms with Crippen molar-refractivity contribution in [3.8, 4) is 50.2 Å². The monoisotopic (exact) mass is 864 g/mol. The summed E-state index contributed by atoms with van der Waals surface area (Å²) in [6.07, 6.45) is 0. The smallest absolute Gasteiger partial charge is 0.0561 e. The van der Waals surface area contributed by atoms with Gasteiger partial charge in [0.2, 0.25) is 0 Å². The summed E-state index contributed by atoms with van der Waals surface area (Å²) in [6, 6.07) is 97.6. The quantitative estimate of drug-likeness (QED) is 0.138. The number of hydrogen-bond donors (Lipinski definition) is 0. The van der Waals surface area contributed by atoms with Crippen LogP contribution in [0.1, 0.15) is 0 Å². The van der Waals surface area contributed by atoms with Crippen molar-refractivity contribution in [2.75, 3.05) is 4.90 Å². The third kappa shape index (κ3) is 6.73. The molecule has 1 heterocycles. The van der Waals surface area contributed by atoms with E-state index in [-0.39, 0.29) is 0 Å². The zero-order valence-electron chi connectivity index (χ0n) is 37.3. The molecular weight excluding hydrogens is 821 g/mol. The number of anilines is 3. The molecule has 0 saturated carbocycles. The van der Waals surface area contributed by atoms with Crippen molar-refractivity contribution in [2.24, 2.45) is 0 Å². The minimum absolute atomic E-state index is 1.08. The second kappa shape index (κ2) is 16.5. The topological polar surface area (TPSA) is 8.17 Å². The summed E-state index contributed by atoms with van der Waals surface area (Å²) in [4.78, 5) is 2.43. The highest BCUT2D eigenvalue weighted by Crippen LogP contribution is 2.47. The summed E-state index contributed by atoms with van der Waals surface area (Å²) in [5.74, 6) is 0. The average molecular weight is 865 g/mol. The van der Waals surface area contributed by atoms with Crippen molar-refractivity contribution < 1.29 is 0 Å². The van der Waals surface area contributed by atoms with Crippen LogP contribution in [0.3, 0.4) is 0 Å². The molecule has 1 aromatic heterocycles. The number of hydrogen-bond acceptors (Lipinski definition) is 1. The number of benzene rings is 12. The Labute approximate surface area is 395 Å². The molecule has 0 amide bonds. The highest BCUT2D eigenvalue weighted by molar-refractivity contribution is 6.22. The summed E-state index contributed by atoms with van der Waals surface area (Å²) in [5, 5.41) is 9.89. The maximum absolute atomic E-state index is 2.43. The molecule has 0 aliphatic heterocycles. The van der Waals surface area contributed by atoms with Crippen LogP contribution >= 0.6 is 0 Å². The molecule has 0 aliphatic rings. The summed E-state index contributed by atoms with van der Waals surface area (Å²) < 4.78 is 2.43. The molecule has 0 saturated heterocycles. The minimum atomic E-state index is 1.08. The fraction of sp³-hybridized carbons (Fsp3) is 0. The van der Waals surface area contributed by atoms with Crippen molar-refractivity contribution in [1.29, 1.82) is 0 Å². The maximum Gasteiger partial charge on any atom is 0.0561 e. The van der Waals surface area contributed by atoms with Crippen LogP contribution in [0.4, 0.5) is 17.1 Å². The third-order valence-corrected chi connectivity index (χ3v) is 13.7. The second-order valence-corrected chi connectivity index (χ2v) is 17.7. The first-order valence-corrected chi connectivity index (χ1v) is 23.4. The van der Waals surface area contributed by atoms with Gasteiger partial charge in [-0.25, -0.2) is 0 Å². The summed E-state index contributed by atoms with van der Waals surface area (Å²) in [5.41, 5.74) is 16.3. The lowest BCUT2D eigenvalue weighted by molar-refractivity contribution is 1.18. The van der Waals surface area contributed by atoms with E-state index in [0.717, 1.165) is 39.4 Å². The summed E-state index contributed by atoms with van der Waals surface area (Å²) in [7, 11) is 0. The molecule has 0 spiro atoms. The first kappa shape index (κ1) is 39.4. The Morgan fingerprint density at radius 3 is 1.43 bits per heavy atom. The molecule has 68 heavy (non-hydrogen) atoms. The minimum Gasteiger partial charge on any atom is -0.310 e.